The number of hydrogen-bond donors (Lipinski definition) is 4. The third-order valence-corrected chi connectivity index (χ3v) is 4.47. The molecular weight excluding hydrogens is 351 g/mol. The molecule has 4 nitrogen and oxygen atoms in total. The molecule has 2 aromatic carbocycles. The minimum Gasteiger partial charge on any atom is -0.368 e. The minimum absolute atomic E-state index is 0. The van der Waals surface area contributed by atoms with Crippen LogP contribution in [-0.4, -0.2) is 39.0 Å². The summed E-state index contributed by atoms with van der Waals surface area (Å²) in [4.78, 5) is 0. The summed E-state index contributed by atoms with van der Waals surface area (Å²) in [6.45, 7) is 7.50. The second kappa shape index (κ2) is 7.92. The normalized spacial score (nSPS) is 25.0. The van der Waals surface area contributed by atoms with Crippen LogP contribution in [0, 0.1) is 0 Å². The molecule has 2 atom stereocenters. The van der Waals surface area contributed by atoms with Crippen molar-refractivity contribution in [3.8, 4) is 0 Å². The van der Waals surface area contributed by atoms with E-state index in [0.717, 1.165) is 33.6 Å². The lowest BCUT2D eigenvalue weighted by Crippen LogP contribution is -2.34. The van der Waals surface area contributed by atoms with E-state index in [1.54, 1.807) is 13.8 Å². The van der Waals surface area contributed by atoms with Crippen LogP contribution < -0.4 is 10.6 Å². The van der Waals surface area contributed by atoms with Gasteiger partial charge < -0.3 is 20.8 Å². The van der Waals surface area contributed by atoms with Crippen molar-refractivity contribution in [3.63, 3.8) is 0 Å². The average Bonchev–Trinajstić information content (AvgIpc) is 2.53. The Hall–Kier alpha value is -2.03. The van der Waals surface area contributed by atoms with E-state index in [1.165, 1.54) is 0 Å². The van der Waals surface area contributed by atoms with Gasteiger partial charge in [0.1, 0.15) is 0 Å². The molecule has 4 N–H and O–H groups in total. The van der Waals surface area contributed by atoms with Crippen LogP contribution in [0.4, 0.5) is 11.4 Å². The molecule has 2 aliphatic heterocycles. The van der Waals surface area contributed by atoms with Crippen LogP contribution in [0.5, 0.6) is 0 Å². The summed E-state index contributed by atoms with van der Waals surface area (Å²) >= 11 is 0. The predicted octanol–water partition coefficient (Wildman–Crippen LogP) is 4.07. The van der Waals surface area contributed by atoms with Crippen LogP contribution in [0.3, 0.4) is 0 Å². The molecular formula is C22H26AlN2O2. The monoisotopic (exact) mass is 377 g/mol. The molecule has 139 valence electrons. The first-order valence-corrected chi connectivity index (χ1v) is 8.76. The molecule has 2 heterocycles. The zero-order valence-electron chi connectivity index (χ0n) is 16.2. The van der Waals surface area contributed by atoms with Gasteiger partial charge in [0.15, 0.2) is 11.4 Å². The zero-order valence-corrected chi connectivity index (χ0v) is 17.4. The van der Waals surface area contributed by atoms with Crippen LogP contribution in [-0.2, 0) is 0 Å². The standard InChI is InChI=1S/2C11H13NO.Al/c2*1-8-7-11(2,13)12-10-6-4-3-5-9(8)10;/h2*3-7,12-13H,1-2H3;. The third-order valence-electron chi connectivity index (χ3n) is 4.47. The maximum atomic E-state index is 9.80. The molecule has 0 saturated heterocycles. The molecule has 2 aliphatic rings. The highest BCUT2D eigenvalue weighted by molar-refractivity contribution is 5.80. The van der Waals surface area contributed by atoms with Gasteiger partial charge in [-0.3, -0.25) is 0 Å². The Morgan fingerprint density at radius 3 is 1.37 bits per heavy atom. The highest BCUT2D eigenvalue weighted by Gasteiger charge is 2.24. The van der Waals surface area contributed by atoms with E-state index in [-0.39, 0.29) is 17.4 Å². The topological polar surface area (TPSA) is 64.5 Å². The Kier molecular flexibility index (Phi) is 6.24. The lowest BCUT2D eigenvalue weighted by molar-refractivity contribution is 0.141. The van der Waals surface area contributed by atoms with Gasteiger partial charge in [-0.05, 0) is 63.1 Å². The number of rotatable bonds is 0. The number of para-hydroxylation sites is 2. The SMILES string of the molecule is CC1=CC(C)(O)Nc2ccccc21.CC1=CC(C)(O)Nc2ccccc21.[Al]. The van der Waals surface area contributed by atoms with E-state index in [2.05, 4.69) is 10.6 Å². The van der Waals surface area contributed by atoms with Gasteiger partial charge in [-0.25, -0.2) is 0 Å². The van der Waals surface area contributed by atoms with Crippen LogP contribution in [0.2, 0.25) is 0 Å². The molecule has 27 heavy (non-hydrogen) atoms. The van der Waals surface area contributed by atoms with Gasteiger partial charge in [-0.15, -0.1) is 0 Å². The van der Waals surface area contributed by atoms with Crippen molar-refractivity contribution >= 4 is 39.9 Å². The van der Waals surface area contributed by atoms with Crippen LogP contribution >= 0.6 is 0 Å². The number of allylic oxidation sites excluding steroid dienone is 2. The molecule has 4 rings (SSSR count). The fraction of sp³-hybridized carbons (Fsp3) is 0.273. The van der Waals surface area contributed by atoms with E-state index in [4.69, 9.17) is 0 Å². The Labute approximate surface area is 171 Å². The van der Waals surface area contributed by atoms with Gasteiger partial charge in [0.2, 0.25) is 0 Å². The lowest BCUT2D eigenvalue weighted by atomic mass is 9.97. The highest BCUT2D eigenvalue weighted by Crippen LogP contribution is 2.32. The van der Waals surface area contributed by atoms with Crippen LogP contribution in [0.15, 0.2) is 60.7 Å². The van der Waals surface area contributed by atoms with E-state index in [0.29, 0.717) is 0 Å². The molecule has 0 fully saturated rings. The summed E-state index contributed by atoms with van der Waals surface area (Å²) in [5.74, 6) is 0. The molecule has 0 aliphatic carbocycles. The molecule has 2 unspecified atom stereocenters. The Morgan fingerprint density at radius 2 is 1.00 bits per heavy atom. The quantitative estimate of drug-likeness (QED) is 0.523. The maximum Gasteiger partial charge on any atom is 0.152 e. The van der Waals surface area contributed by atoms with Gasteiger partial charge in [-0.2, -0.15) is 0 Å². The molecule has 0 bridgehead atoms. The smallest absolute Gasteiger partial charge is 0.152 e. The number of anilines is 2. The second-order valence-corrected chi connectivity index (χ2v) is 7.29. The minimum atomic E-state index is -0.918. The summed E-state index contributed by atoms with van der Waals surface area (Å²) in [5, 5.41) is 25.7. The molecule has 0 amide bonds. The summed E-state index contributed by atoms with van der Waals surface area (Å²) in [6.07, 6.45) is 3.66. The number of aliphatic hydroxyl groups is 2. The van der Waals surface area contributed by atoms with Crippen molar-refractivity contribution in [3.05, 3.63) is 71.8 Å². The van der Waals surface area contributed by atoms with Crippen molar-refractivity contribution in [1.29, 1.82) is 0 Å². The van der Waals surface area contributed by atoms with Gasteiger partial charge in [0.05, 0.1) is 0 Å². The van der Waals surface area contributed by atoms with Crippen molar-refractivity contribution in [2.75, 3.05) is 10.6 Å². The first-order chi connectivity index (χ1) is 12.2. The van der Waals surface area contributed by atoms with Crippen LogP contribution in [0.25, 0.3) is 11.1 Å². The number of fused-ring (bicyclic) bond motifs is 2. The van der Waals surface area contributed by atoms with Gasteiger partial charge >= 0.3 is 0 Å². The van der Waals surface area contributed by atoms with Crippen molar-refractivity contribution < 1.29 is 10.2 Å². The first kappa shape index (κ1) is 21.3. The number of benzene rings is 2. The molecule has 3 radical (unpaired) electrons. The largest absolute Gasteiger partial charge is 0.368 e. The number of nitrogens with one attached hydrogen (secondary N) is 2. The highest BCUT2D eigenvalue weighted by atomic mass is 27.0. The fourth-order valence-corrected chi connectivity index (χ4v) is 3.49. The summed E-state index contributed by atoms with van der Waals surface area (Å²) in [5.41, 5.74) is 4.69. The molecule has 2 aromatic rings. The Balaban J connectivity index is 0.000000187. The van der Waals surface area contributed by atoms with Gasteiger partial charge in [0, 0.05) is 39.9 Å². The van der Waals surface area contributed by atoms with Gasteiger partial charge in [-0.1, -0.05) is 36.4 Å². The summed E-state index contributed by atoms with van der Waals surface area (Å²) < 4.78 is 0. The van der Waals surface area contributed by atoms with Crippen LogP contribution in [0.1, 0.15) is 38.8 Å². The third kappa shape index (κ3) is 5.03. The molecule has 0 spiro atoms. The van der Waals surface area contributed by atoms with E-state index < -0.39 is 11.4 Å². The molecule has 0 saturated carbocycles. The average molecular weight is 377 g/mol. The summed E-state index contributed by atoms with van der Waals surface area (Å²) in [7, 11) is 0. The van der Waals surface area contributed by atoms with E-state index in [1.807, 2.05) is 74.5 Å². The molecule has 0 aromatic heterocycles. The number of hydrogen-bond acceptors (Lipinski definition) is 4. The summed E-state index contributed by atoms with van der Waals surface area (Å²) in [6, 6.07) is 15.9. The van der Waals surface area contributed by atoms with E-state index in [9.17, 15) is 10.2 Å². The van der Waals surface area contributed by atoms with Crippen molar-refractivity contribution in [2.45, 2.75) is 39.1 Å². The fourth-order valence-electron chi connectivity index (χ4n) is 3.49. The zero-order chi connectivity index (χ0) is 18.9. The Morgan fingerprint density at radius 1 is 0.667 bits per heavy atom. The van der Waals surface area contributed by atoms with Crippen molar-refractivity contribution in [1.82, 2.24) is 0 Å². The van der Waals surface area contributed by atoms with Crippen molar-refractivity contribution in [2.24, 2.45) is 0 Å². The first-order valence-electron chi connectivity index (χ1n) is 8.76. The lowest BCUT2D eigenvalue weighted by Gasteiger charge is -2.29. The Bertz CT molecular complexity index is 812. The second-order valence-electron chi connectivity index (χ2n) is 7.29. The maximum absolute atomic E-state index is 9.80. The molecule has 5 heteroatoms. The predicted molar refractivity (Wildman–Crippen MR) is 114 cm³/mol. The van der Waals surface area contributed by atoms with Gasteiger partial charge in [0.25, 0.3) is 0 Å². The van der Waals surface area contributed by atoms with E-state index >= 15 is 0 Å².